The Labute approximate surface area is 186 Å². The first kappa shape index (κ1) is 21.0. The molecule has 4 N–H and O–H groups in total. The van der Waals surface area contributed by atoms with E-state index in [2.05, 4.69) is 21.8 Å². The summed E-state index contributed by atoms with van der Waals surface area (Å²) in [4.78, 5) is 21.0. The van der Waals surface area contributed by atoms with Gasteiger partial charge in [-0.1, -0.05) is 48.8 Å². The monoisotopic (exact) mass is 433 g/mol. The van der Waals surface area contributed by atoms with Gasteiger partial charge in [0, 0.05) is 22.7 Å². The van der Waals surface area contributed by atoms with Gasteiger partial charge in [-0.15, -0.1) is 0 Å². The van der Waals surface area contributed by atoms with Crippen LogP contribution in [0, 0.1) is 24.7 Å². The molecule has 1 aliphatic rings. The highest BCUT2D eigenvalue weighted by atomic mass is 35.5. The molecular formula is C24H24ClN5O. The maximum atomic E-state index is 12.5. The van der Waals surface area contributed by atoms with E-state index in [4.69, 9.17) is 23.1 Å². The lowest BCUT2D eigenvalue weighted by atomic mass is 9.89. The maximum Gasteiger partial charge on any atom is 0.323 e. The van der Waals surface area contributed by atoms with Gasteiger partial charge in [0.25, 0.3) is 0 Å². The Morgan fingerprint density at radius 2 is 1.90 bits per heavy atom. The standard InChI is InChI=1S/C24H24ClN5O/c1-15-7-10-18(25)13-19(15)20-11-12-21(30(20)24(27)31)22-17(14-28-23(26)29-22)9-8-16-5-3-2-4-6-16/h7,10-14,16H,2-6H2,1H3,(H2,27,31)(H2,26,28,29). The molecule has 2 aromatic heterocycles. The third-order valence-corrected chi connectivity index (χ3v) is 5.88. The number of aromatic nitrogens is 3. The van der Waals surface area contributed by atoms with Crippen LogP contribution in [-0.4, -0.2) is 20.6 Å². The van der Waals surface area contributed by atoms with Crippen LogP contribution in [0.4, 0.5) is 10.7 Å². The van der Waals surface area contributed by atoms with E-state index in [1.807, 2.05) is 31.2 Å². The molecule has 31 heavy (non-hydrogen) atoms. The second-order valence-electron chi connectivity index (χ2n) is 7.83. The third-order valence-electron chi connectivity index (χ3n) is 5.64. The van der Waals surface area contributed by atoms with Gasteiger partial charge in [-0.2, -0.15) is 0 Å². The summed E-state index contributed by atoms with van der Waals surface area (Å²) in [5.41, 5.74) is 15.7. The van der Waals surface area contributed by atoms with Gasteiger partial charge in [-0.3, -0.25) is 4.57 Å². The van der Waals surface area contributed by atoms with Crippen molar-refractivity contribution in [1.29, 1.82) is 0 Å². The molecule has 3 aromatic rings. The van der Waals surface area contributed by atoms with Gasteiger partial charge in [0.15, 0.2) is 0 Å². The fourth-order valence-electron chi connectivity index (χ4n) is 4.05. The van der Waals surface area contributed by atoms with Crippen molar-refractivity contribution in [2.75, 3.05) is 5.73 Å². The zero-order chi connectivity index (χ0) is 22.0. The van der Waals surface area contributed by atoms with Crippen LogP contribution in [0.1, 0.15) is 43.2 Å². The average molecular weight is 434 g/mol. The van der Waals surface area contributed by atoms with E-state index in [1.165, 1.54) is 23.8 Å². The summed E-state index contributed by atoms with van der Waals surface area (Å²) in [6, 6.07) is 8.53. The van der Waals surface area contributed by atoms with Crippen LogP contribution in [-0.2, 0) is 0 Å². The minimum atomic E-state index is -0.627. The fraction of sp³-hybridized carbons (Fsp3) is 0.292. The van der Waals surface area contributed by atoms with E-state index < -0.39 is 6.03 Å². The Kier molecular flexibility index (Phi) is 5.97. The normalized spacial score (nSPS) is 14.1. The van der Waals surface area contributed by atoms with Crippen molar-refractivity contribution in [2.24, 2.45) is 11.7 Å². The van der Waals surface area contributed by atoms with Crippen molar-refractivity contribution in [2.45, 2.75) is 39.0 Å². The topological polar surface area (TPSA) is 99.8 Å². The summed E-state index contributed by atoms with van der Waals surface area (Å²) in [7, 11) is 0. The molecule has 0 radical (unpaired) electrons. The number of nitrogen functional groups attached to an aromatic ring is 1. The van der Waals surface area contributed by atoms with Crippen LogP contribution in [0.2, 0.25) is 5.02 Å². The van der Waals surface area contributed by atoms with Crippen LogP contribution in [0.25, 0.3) is 22.6 Å². The summed E-state index contributed by atoms with van der Waals surface area (Å²) >= 11 is 6.20. The first-order valence-electron chi connectivity index (χ1n) is 10.4. The van der Waals surface area contributed by atoms with E-state index >= 15 is 0 Å². The molecule has 0 unspecified atom stereocenters. The van der Waals surface area contributed by atoms with E-state index in [0.29, 0.717) is 33.6 Å². The summed E-state index contributed by atoms with van der Waals surface area (Å²) in [5.74, 6) is 7.06. The molecule has 2 heterocycles. The summed E-state index contributed by atoms with van der Waals surface area (Å²) < 4.78 is 1.42. The molecule has 158 valence electrons. The molecule has 6 nitrogen and oxygen atoms in total. The molecule has 7 heteroatoms. The molecule has 0 aliphatic heterocycles. The molecule has 1 amide bonds. The Morgan fingerprint density at radius 1 is 1.16 bits per heavy atom. The Bertz CT molecular complexity index is 1200. The number of nitrogens with two attached hydrogens (primary N) is 2. The fourth-order valence-corrected chi connectivity index (χ4v) is 4.22. The van der Waals surface area contributed by atoms with Crippen molar-refractivity contribution in [3.8, 4) is 34.5 Å². The number of primary amides is 1. The van der Waals surface area contributed by atoms with Gasteiger partial charge in [-0.05, 0) is 49.6 Å². The van der Waals surface area contributed by atoms with E-state index in [0.717, 1.165) is 24.0 Å². The highest BCUT2D eigenvalue weighted by molar-refractivity contribution is 6.30. The molecule has 0 spiro atoms. The Morgan fingerprint density at radius 3 is 2.65 bits per heavy atom. The average Bonchev–Trinajstić information content (AvgIpc) is 3.20. The highest BCUT2D eigenvalue weighted by Gasteiger charge is 2.20. The number of halogens is 1. The van der Waals surface area contributed by atoms with Crippen LogP contribution in [0.15, 0.2) is 36.5 Å². The van der Waals surface area contributed by atoms with E-state index in [-0.39, 0.29) is 5.95 Å². The van der Waals surface area contributed by atoms with Gasteiger partial charge >= 0.3 is 6.03 Å². The van der Waals surface area contributed by atoms with Crippen LogP contribution >= 0.6 is 11.6 Å². The van der Waals surface area contributed by atoms with Gasteiger partial charge < -0.3 is 11.5 Å². The summed E-state index contributed by atoms with van der Waals surface area (Å²) in [6.07, 6.45) is 7.50. The zero-order valence-electron chi connectivity index (χ0n) is 17.4. The van der Waals surface area contributed by atoms with Crippen molar-refractivity contribution in [3.63, 3.8) is 0 Å². The zero-order valence-corrected chi connectivity index (χ0v) is 18.1. The lowest BCUT2D eigenvalue weighted by Gasteiger charge is -2.15. The quantitative estimate of drug-likeness (QED) is 0.554. The van der Waals surface area contributed by atoms with Crippen LogP contribution in [0.3, 0.4) is 0 Å². The number of carbonyl (C=O) groups is 1. The van der Waals surface area contributed by atoms with Crippen molar-refractivity contribution in [1.82, 2.24) is 14.5 Å². The number of amides is 1. The molecule has 1 aromatic carbocycles. The molecule has 1 saturated carbocycles. The lowest BCUT2D eigenvalue weighted by Crippen LogP contribution is -2.22. The minimum absolute atomic E-state index is 0.107. The van der Waals surface area contributed by atoms with Gasteiger partial charge in [0.2, 0.25) is 5.95 Å². The number of nitrogens with zero attached hydrogens (tertiary/aromatic N) is 3. The van der Waals surface area contributed by atoms with Gasteiger partial charge in [0.1, 0.15) is 5.69 Å². The second kappa shape index (κ2) is 8.83. The molecule has 0 bridgehead atoms. The number of anilines is 1. The lowest BCUT2D eigenvalue weighted by molar-refractivity contribution is 0.251. The Balaban J connectivity index is 1.84. The molecule has 4 rings (SSSR count). The highest BCUT2D eigenvalue weighted by Crippen LogP contribution is 2.33. The third kappa shape index (κ3) is 4.42. The number of hydrogen-bond acceptors (Lipinski definition) is 4. The maximum absolute atomic E-state index is 12.5. The number of aryl methyl sites for hydroxylation is 1. The number of hydrogen-bond donors (Lipinski definition) is 2. The minimum Gasteiger partial charge on any atom is -0.368 e. The van der Waals surface area contributed by atoms with Crippen molar-refractivity contribution >= 4 is 23.6 Å². The predicted molar refractivity (Wildman–Crippen MR) is 123 cm³/mol. The van der Waals surface area contributed by atoms with Gasteiger partial charge in [0.05, 0.1) is 17.0 Å². The summed E-state index contributed by atoms with van der Waals surface area (Å²) in [6.45, 7) is 1.95. The molecule has 0 saturated heterocycles. The number of rotatable bonds is 2. The molecule has 1 aliphatic carbocycles. The SMILES string of the molecule is Cc1ccc(Cl)cc1-c1ccc(-c2nc(N)ncc2C#CC2CCCCC2)n1C(N)=O. The smallest absolute Gasteiger partial charge is 0.323 e. The van der Waals surface area contributed by atoms with E-state index in [1.54, 1.807) is 12.3 Å². The van der Waals surface area contributed by atoms with Crippen molar-refractivity contribution in [3.05, 3.63) is 52.7 Å². The molecule has 0 atom stereocenters. The van der Waals surface area contributed by atoms with Crippen LogP contribution in [0.5, 0.6) is 0 Å². The molecular weight excluding hydrogens is 410 g/mol. The Hall–Kier alpha value is -3.30. The first-order chi connectivity index (χ1) is 14.9. The summed E-state index contributed by atoms with van der Waals surface area (Å²) in [5, 5.41) is 0.574. The van der Waals surface area contributed by atoms with Crippen LogP contribution < -0.4 is 11.5 Å². The first-order valence-corrected chi connectivity index (χ1v) is 10.7. The predicted octanol–water partition coefficient (Wildman–Crippen LogP) is 5.01. The van der Waals surface area contributed by atoms with Gasteiger partial charge in [-0.25, -0.2) is 14.8 Å². The number of benzene rings is 1. The number of carbonyl (C=O) groups excluding carboxylic acids is 1. The molecule has 1 fully saturated rings. The van der Waals surface area contributed by atoms with Crippen molar-refractivity contribution < 1.29 is 4.79 Å². The van der Waals surface area contributed by atoms with E-state index in [9.17, 15) is 4.79 Å². The second-order valence-corrected chi connectivity index (χ2v) is 8.27. The largest absolute Gasteiger partial charge is 0.368 e.